The van der Waals surface area contributed by atoms with E-state index in [1.54, 1.807) is 24.3 Å². The number of hydrogen-bond acceptors (Lipinski definition) is 6. The Kier molecular flexibility index (Phi) is 8.34. The van der Waals surface area contributed by atoms with E-state index in [0.717, 1.165) is 11.1 Å². The van der Waals surface area contributed by atoms with Crippen LogP contribution in [0.15, 0.2) is 84.9 Å². The molecule has 1 fully saturated rings. The SMILES string of the molecule is OC1O[C@H]([C@@H](COc2ccc(Cl)cc2)OCc2ccccc2)[C@H](OCc2ccccc2)[C@H]1O. The number of aliphatic hydroxyl groups is 2. The summed E-state index contributed by atoms with van der Waals surface area (Å²) in [5.74, 6) is 0.619. The van der Waals surface area contributed by atoms with E-state index in [1.165, 1.54) is 0 Å². The highest BCUT2D eigenvalue weighted by molar-refractivity contribution is 6.30. The Morgan fingerprint density at radius 2 is 1.42 bits per heavy atom. The monoisotopic (exact) mass is 470 g/mol. The predicted molar refractivity (Wildman–Crippen MR) is 124 cm³/mol. The Labute approximate surface area is 198 Å². The van der Waals surface area contributed by atoms with Gasteiger partial charge in [-0.2, -0.15) is 0 Å². The second-order valence-corrected chi connectivity index (χ2v) is 8.28. The summed E-state index contributed by atoms with van der Waals surface area (Å²) in [6, 6.07) is 26.3. The number of hydrogen-bond donors (Lipinski definition) is 2. The van der Waals surface area contributed by atoms with E-state index >= 15 is 0 Å². The van der Waals surface area contributed by atoms with Gasteiger partial charge in [-0.1, -0.05) is 72.3 Å². The van der Waals surface area contributed by atoms with Gasteiger partial charge in [0.25, 0.3) is 0 Å². The first kappa shape index (κ1) is 23.7. The average Bonchev–Trinajstić information content (AvgIpc) is 3.13. The molecule has 0 amide bonds. The Balaban J connectivity index is 1.48. The van der Waals surface area contributed by atoms with Crippen molar-refractivity contribution in [1.82, 2.24) is 0 Å². The molecule has 6 nitrogen and oxygen atoms in total. The Morgan fingerprint density at radius 3 is 2.06 bits per heavy atom. The molecule has 1 unspecified atom stereocenters. The van der Waals surface area contributed by atoms with Crippen molar-refractivity contribution in [1.29, 1.82) is 0 Å². The molecule has 0 aromatic heterocycles. The van der Waals surface area contributed by atoms with Crippen molar-refractivity contribution < 1.29 is 29.2 Å². The van der Waals surface area contributed by atoms with E-state index in [0.29, 0.717) is 17.4 Å². The van der Waals surface area contributed by atoms with Crippen molar-refractivity contribution in [2.75, 3.05) is 6.61 Å². The third-order valence-corrected chi connectivity index (χ3v) is 5.69. The molecule has 1 aliphatic heterocycles. The molecule has 0 aliphatic carbocycles. The van der Waals surface area contributed by atoms with Crippen LogP contribution in [0.4, 0.5) is 0 Å². The van der Waals surface area contributed by atoms with Gasteiger partial charge in [0.1, 0.15) is 36.8 Å². The lowest BCUT2D eigenvalue weighted by Gasteiger charge is -2.28. The highest BCUT2D eigenvalue weighted by atomic mass is 35.5. The molecule has 1 heterocycles. The largest absolute Gasteiger partial charge is 0.491 e. The van der Waals surface area contributed by atoms with Gasteiger partial charge in [-0.15, -0.1) is 0 Å². The summed E-state index contributed by atoms with van der Waals surface area (Å²) in [6.07, 6.45) is -4.75. The second-order valence-electron chi connectivity index (χ2n) is 7.84. The van der Waals surface area contributed by atoms with Crippen LogP contribution in [0.25, 0.3) is 0 Å². The van der Waals surface area contributed by atoms with Crippen LogP contribution in [-0.4, -0.2) is 47.5 Å². The maximum atomic E-state index is 10.5. The normalized spacial score (nSPS) is 23.4. The predicted octanol–water partition coefficient (Wildman–Crippen LogP) is 3.97. The topological polar surface area (TPSA) is 77.4 Å². The molecule has 33 heavy (non-hydrogen) atoms. The lowest BCUT2D eigenvalue weighted by atomic mass is 10.1. The van der Waals surface area contributed by atoms with Crippen molar-refractivity contribution in [2.24, 2.45) is 0 Å². The molecule has 174 valence electrons. The summed E-state index contributed by atoms with van der Waals surface area (Å²) in [4.78, 5) is 0. The first-order chi connectivity index (χ1) is 16.1. The van der Waals surface area contributed by atoms with Gasteiger partial charge >= 0.3 is 0 Å². The molecule has 4 rings (SSSR count). The highest BCUT2D eigenvalue weighted by Gasteiger charge is 2.48. The fourth-order valence-corrected chi connectivity index (χ4v) is 3.79. The zero-order chi connectivity index (χ0) is 23.0. The van der Waals surface area contributed by atoms with Crippen LogP contribution in [0.5, 0.6) is 5.75 Å². The molecule has 1 saturated heterocycles. The smallest absolute Gasteiger partial charge is 0.184 e. The van der Waals surface area contributed by atoms with Crippen molar-refractivity contribution in [2.45, 2.75) is 43.9 Å². The number of halogens is 1. The van der Waals surface area contributed by atoms with Crippen molar-refractivity contribution in [3.05, 3.63) is 101 Å². The van der Waals surface area contributed by atoms with E-state index in [4.69, 9.17) is 30.5 Å². The Bertz CT molecular complexity index is 969. The lowest BCUT2D eigenvalue weighted by Crippen LogP contribution is -2.44. The molecule has 1 aliphatic rings. The standard InChI is InChI=1S/C26H27ClO6/c27-20-11-13-21(14-12-20)30-17-22(31-15-18-7-3-1-4-8-18)24-25(23(28)26(29)33-24)32-16-19-9-5-2-6-10-19/h1-14,22-26,28-29H,15-17H2/t22-,23-,24-,25-,26?/m1/s1. The average molecular weight is 471 g/mol. The Morgan fingerprint density at radius 1 is 0.818 bits per heavy atom. The van der Waals surface area contributed by atoms with Crippen LogP contribution < -0.4 is 4.74 Å². The van der Waals surface area contributed by atoms with Crippen molar-refractivity contribution in [3.8, 4) is 5.75 Å². The molecule has 0 bridgehead atoms. The van der Waals surface area contributed by atoms with Gasteiger partial charge in [0.2, 0.25) is 0 Å². The molecule has 3 aromatic carbocycles. The first-order valence-electron chi connectivity index (χ1n) is 10.8. The minimum atomic E-state index is -1.38. The first-order valence-corrected chi connectivity index (χ1v) is 11.2. The summed E-state index contributed by atoms with van der Waals surface area (Å²) in [5, 5.41) is 21.4. The third-order valence-electron chi connectivity index (χ3n) is 5.44. The van der Waals surface area contributed by atoms with Crippen molar-refractivity contribution in [3.63, 3.8) is 0 Å². The molecular weight excluding hydrogens is 444 g/mol. The molecular formula is C26H27ClO6. The number of ether oxygens (including phenoxy) is 4. The van der Waals surface area contributed by atoms with Gasteiger partial charge in [0.05, 0.1) is 13.2 Å². The van der Waals surface area contributed by atoms with E-state index < -0.39 is 30.7 Å². The van der Waals surface area contributed by atoms with Gasteiger partial charge < -0.3 is 29.2 Å². The Hall–Kier alpha value is -2.45. The molecule has 0 saturated carbocycles. The zero-order valence-corrected chi connectivity index (χ0v) is 18.8. The van der Waals surface area contributed by atoms with Gasteiger partial charge in [0, 0.05) is 5.02 Å². The maximum Gasteiger partial charge on any atom is 0.184 e. The number of rotatable bonds is 10. The molecule has 0 spiro atoms. The number of benzene rings is 3. The molecule has 5 atom stereocenters. The highest BCUT2D eigenvalue weighted by Crippen LogP contribution is 2.28. The number of aliphatic hydroxyl groups excluding tert-OH is 2. The minimum absolute atomic E-state index is 0.129. The van der Waals surface area contributed by atoms with E-state index in [1.807, 2.05) is 60.7 Å². The van der Waals surface area contributed by atoms with E-state index in [-0.39, 0.29) is 13.2 Å². The van der Waals surface area contributed by atoms with E-state index in [2.05, 4.69) is 0 Å². The van der Waals surface area contributed by atoms with Crippen LogP contribution in [0.1, 0.15) is 11.1 Å². The fourth-order valence-electron chi connectivity index (χ4n) is 3.66. The van der Waals surface area contributed by atoms with Crippen LogP contribution in [0.2, 0.25) is 5.02 Å². The van der Waals surface area contributed by atoms with Gasteiger partial charge in [-0.25, -0.2) is 0 Å². The van der Waals surface area contributed by atoms with Crippen LogP contribution in [0, 0.1) is 0 Å². The van der Waals surface area contributed by atoms with Crippen molar-refractivity contribution >= 4 is 11.6 Å². The van der Waals surface area contributed by atoms with Gasteiger partial charge in [0.15, 0.2) is 6.29 Å². The minimum Gasteiger partial charge on any atom is -0.491 e. The quantitative estimate of drug-likeness (QED) is 0.467. The van der Waals surface area contributed by atoms with Gasteiger partial charge in [-0.05, 0) is 35.4 Å². The summed E-state index contributed by atoms with van der Waals surface area (Å²) in [5.41, 5.74) is 1.93. The zero-order valence-electron chi connectivity index (χ0n) is 18.0. The molecule has 0 radical (unpaired) electrons. The fraction of sp³-hybridized carbons (Fsp3) is 0.308. The van der Waals surface area contributed by atoms with Crippen LogP contribution >= 0.6 is 11.6 Å². The second kappa shape index (κ2) is 11.6. The summed E-state index contributed by atoms with van der Waals surface area (Å²) < 4.78 is 23.8. The molecule has 3 aromatic rings. The lowest BCUT2D eigenvalue weighted by molar-refractivity contribution is -0.163. The third kappa shape index (κ3) is 6.54. The summed E-state index contributed by atoms with van der Waals surface area (Å²) in [6.45, 7) is 0.704. The summed E-state index contributed by atoms with van der Waals surface area (Å²) in [7, 11) is 0. The molecule has 7 heteroatoms. The maximum absolute atomic E-state index is 10.5. The van der Waals surface area contributed by atoms with Crippen LogP contribution in [-0.2, 0) is 27.4 Å². The van der Waals surface area contributed by atoms with Crippen LogP contribution in [0.3, 0.4) is 0 Å². The molecule has 2 N–H and O–H groups in total. The summed E-state index contributed by atoms with van der Waals surface area (Å²) >= 11 is 5.96. The van der Waals surface area contributed by atoms with Gasteiger partial charge in [-0.3, -0.25) is 0 Å². The van der Waals surface area contributed by atoms with E-state index in [9.17, 15) is 10.2 Å².